The number of nitrogens with one attached hydrogen (secondary N) is 1. The van der Waals surface area contributed by atoms with Gasteiger partial charge in [0, 0.05) is 29.1 Å². The number of benzene rings is 2. The molecule has 0 saturated carbocycles. The van der Waals surface area contributed by atoms with Gasteiger partial charge < -0.3 is 4.74 Å². The maximum Gasteiger partial charge on any atom is 0.277 e. The average Bonchev–Trinajstić information content (AvgIpc) is 3.39. The van der Waals surface area contributed by atoms with E-state index in [1.807, 2.05) is 71.8 Å². The first kappa shape index (κ1) is 20.9. The van der Waals surface area contributed by atoms with Crippen molar-refractivity contribution in [1.29, 1.82) is 0 Å². The van der Waals surface area contributed by atoms with Gasteiger partial charge in [0.1, 0.15) is 11.4 Å². The molecule has 0 radical (unpaired) electrons. The van der Waals surface area contributed by atoms with Gasteiger partial charge in [-0.3, -0.25) is 19.8 Å². The molecule has 1 aliphatic rings. The summed E-state index contributed by atoms with van der Waals surface area (Å²) in [7, 11) is 1.65. The fourth-order valence-electron chi connectivity index (χ4n) is 4.43. The zero-order valence-corrected chi connectivity index (χ0v) is 19.2. The number of hydrogen-bond donors (Lipinski definition) is 1. The van der Waals surface area contributed by atoms with Crippen molar-refractivity contribution in [2.45, 2.75) is 32.2 Å². The van der Waals surface area contributed by atoms with E-state index in [1.54, 1.807) is 13.3 Å². The third-order valence-corrected chi connectivity index (χ3v) is 6.05. The van der Waals surface area contributed by atoms with Gasteiger partial charge in [-0.25, -0.2) is 0 Å². The Hall–Kier alpha value is -3.93. The molecule has 5 rings (SSSR count). The highest BCUT2D eigenvalue weighted by atomic mass is 16.5. The second-order valence-corrected chi connectivity index (χ2v) is 9.25. The Kier molecular flexibility index (Phi) is 5.01. The molecule has 166 valence electrons. The minimum atomic E-state index is -0.282. The summed E-state index contributed by atoms with van der Waals surface area (Å²) in [5.74, 6) is 0.696. The van der Waals surface area contributed by atoms with E-state index < -0.39 is 0 Å². The number of H-pyrrole nitrogens is 1. The first-order valence-electron chi connectivity index (χ1n) is 10.9. The Morgan fingerprint density at radius 1 is 0.970 bits per heavy atom. The molecule has 2 aromatic heterocycles. The van der Waals surface area contributed by atoms with Crippen LogP contribution >= 0.6 is 0 Å². The Labute approximate surface area is 193 Å². The molecule has 1 unspecified atom stereocenters. The minimum absolute atomic E-state index is 0.0806. The van der Waals surface area contributed by atoms with Crippen LogP contribution in [0.25, 0.3) is 11.1 Å². The number of ether oxygens (including phenoxy) is 1. The lowest BCUT2D eigenvalue weighted by Crippen LogP contribution is -2.30. The van der Waals surface area contributed by atoms with Gasteiger partial charge in [-0.1, -0.05) is 51.1 Å². The van der Waals surface area contributed by atoms with Gasteiger partial charge in [-0.15, -0.1) is 0 Å². The average molecular weight is 439 g/mol. The lowest BCUT2D eigenvalue weighted by molar-refractivity contribution is 0.0988. The van der Waals surface area contributed by atoms with Crippen molar-refractivity contribution in [2.75, 3.05) is 12.0 Å². The van der Waals surface area contributed by atoms with Crippen molar-refractivity contribution in [3.8, 4) is 16.9 Å². The molecule has 33 heavy (non-hydrogen) atoms. The minimum Gasteiger partial charge on any atom is -0.497 e. The van der Waals surface area contributed by atoms with Crippen molar-refractivity contribution >= 4 is 11.6 Å². The van der Waals surface area contributed by atoms with Crippen molar-refractivity contribution in [2.24, 2.45) is 0 Å². The highest BCUT2D eigenvalue weighted by Crippen LogP contribution is 2.45. The zero-order valence-electron chi connectivity index (χ0n) is 19.2. The molecular formula is C27H26N4O2. The molecule has 3 heterocycles. The van der Waals surface area contributed by atoms with Crippen molar-refractivity contribution in [3.05, 3.63) is 95.6 Å². The molecule has 0 aliphatic carbocycles. The van der Waals surface area contributed by atoms with Gasteiger partial charge in [0.05, 0.1) is 18.8 Å². The summed E-state index contributed by atoms with van der Waals surface area (Å²) in [6.07, 6.45) is 3.59. The molecule has 1 N–H and O–H groups in total. The predicted octanol–water partition coefficient (Wildman–Crippen LogP) is 5.53. The van der Waals surface area contributed by atoms with E-state index in [9.17, 15) is 4.79 Å². The summed E-state index contributed by atoms with van der Waals surface area (Å²) in [5, 5.41) is 7.57. The molecule has 6 nitrogen and oxygen atoms in total. The first-order valence-corrected chi connectivity index (χ1v) is 10.9. The van der Waals surface area contributed by atoms with Crippen LogP contribution in [0.1, 0.15) is 54.1 Å². The van der Waals surface area contributed by atoms with Gasteiger partial charge in [-0.2, -0.15) is 5.10 Å². The highest BCUT2D eigenvalue weighted by Gasteiger charge is 2.44. The Morgan fingerprint density at radius 2 is 1.70 bits per heavy atom. The van der Waals surface area contributed by atoms with Gasteiger partial charge in [-0.05, 0) is 47.0 Å². The van der Waals surface area contributed by atoms with Gasteiger partial charge in [0.2, 0.25) is 0 Å². The molecule has 0 saturated heterocycles. The molecule has 1 atom stereocenters. The molecule has 0 spiro atoms. The third-order valence-electron chi connectivity index (χ3n) is 6.05. The van der Waals surface area contributed by atoms with Crippen LogP contribution in [0.15, 0.2) is 73.1 Å². The maximum absolute atomic E-state index is 13.6. The fourth-order valence-corrected chi connectivity index (χ4v) is 4.43. The number of carbonyl (C=O) groups excluding carboxylic acids is 1. The molecular weight excluding hydrogens is 412 g/mol. The van der Waals surface area contributed by atoms with Crippen LogP contribution in [0.5, 0.6) is 5.75 Å². The van der Waals surface area contributed by atoms with E-state index in [0.29, 0.717) is 5.69 Å². The Bertz CT molecular complexity index is 1290. The standard InChI is InChI=1S/C27H26N4O2/c1-27(2,3)25-22-23(29-30-25)26(32)31(24(22)18-9-13-21(33-4)14-10-18)20-11-7-17(8-12-20)19-6-5-15-28-16-19/h5-16,24H,1-4H3,(H,29,30). The maximum atomic E-state index is 13.6. The van der Waals surface area contributed by atoms with Gasteiger partial charge >= 0.3 is 0 Å². The number of hydrogen-bond acceptors (Lipinski definition) is 4. The van der Waals surface area contributed by atoms with Crippen LogP contribution in [-0.2, 0) is 5.41 Å². The summed E-state index contributed by atoms with van der Waals surface area (Å²) < 4.78 is 5.35. The van der Waals surface area contributed by atoms with Crippen LogP contribution in [0.2, 0.25) is 0 Å². The number of aromatic nitrogens is 3. The van der Waals surface area contributed by atoms with Crippen LogP contribution in [0.4, 0.5) is 5.69 Å². The number of pyridine rings is 1. The van der Waals surface area contributed by atoms with E-state index in [4.69, 9.17) is 4.74 Å². The summed E-state index contributed by atoms with van der Waals surface area (Å²) in [6.45, 7) is 6.35. The Morgan fingerprint density at radius 3 is 2.30 bits per heavy atom. The number of aromatic amines is 1. The summed E-state index contributed by atoms with van der Waals surface area (Å²) in [4.78, 5) is 19.7. The molecule has 2 aromatic carbocycles. The number of nitrogens with zero attached hydrogens (tertiary/aromatic N) is 3. The lowest BCUT2D eigenvalue weighted by Gasteiger charge is -2.28. The van der Waals surface area contributed by atoms with Gasteiger partial charge in [0.25, 0.3) is 5.91 Å². The van der Waals surface area contributed by atoms with Gasteiger partial charge in [0.15, 0.2) is 0 Å². The molecule has 4 aromatic rings. The first-order chi connectivity index (χ1) is 15.9. The fraction of sp³-hybridized carbons (Fsp3) is 0.222. The van der Waals surface area contributed by atoms with Crippen molar-refractivity contribution < 1.29 is 9.53 Å². The van der Waals surface area contributed by atoms with Crippen LogP contribution in [0.3, 0.4) is 0 Å². The number of amides is 1. The van der Waals surface area contributed by atoms with E-state index in [0.717, 1.165) is 39.4 Å². The molecule has 0 bridgehead atoms. The van der Waals surface area contributed by atoms with E-state index in [2.05, 4.69) is 36.0 Å². The van der Waals surface area contributed by atoms with E-state index in [1.165, 1.54) is 0 Å². The number of anilines is 1. The third kappa shape index (κ3) is 3.57. The highest BCUT2D eigenvalue weighted by molar-refractivity contribution is 6.10. The largest absolute Gasteiger partial charge is 0.497 e. The van der Waals surface area contributed by atoms with Crippen LogP contribution < -0.4 is 9.64 Å². The second kappa shape index (κ2) is 7.89. The van der Waals surface area contributed by atoms with Crippen LogP contribution in [-0.4, -0.2) is 28.2 Å². The summed E-state index contributed by atoms with van der Waals surface area (Å²) >= 11 is 0. The summed E-state index contributed by atoms with van der Waals surface area (Å²) in [6, 6.07) is 19.6. The number of fused-ring (bicyclic) bond motifs is 1. The van der Waals surface area contributed by atoms with Crippen molar-refractivity contribution in [1.82, 2.24) is 15.2 Å². The topological polar surface area (TPSA) is 71.1 Å². The molecule has 1 amide bonds. The lowest BCUT2D eigenvalue weighted by atomic mass is 9.85. The van der Waals surface area contributed by atoms with E-state index >= 15 is 0 Å². The monoisotopic (exact) mass is 438 g/mol. The number of methoxy groups -OCH3 is 1. The SMILES string of the molecule is COc1ccc(C2c3c(C(C)(C)C)n[nH]c3C(=O)N2c2ccc(-c3cccnc3)cc2)cc1. The molecule has 0 fully saturated rings. The van der Waals surface area contributed by atoms with Crippen molar-refractivity contribution in [3.63, 3.8) is 0 Å². The predicted molar refractivity (Wildman–Crippen MR) is 129 cm³/mol. The summed E-state index contributed by atoms with van der Waals surface area (Å²) in [5.41, 5.74) is 6.11. The number of carbonyl (C=O) groups is 1. The Balaban J connectivity index is 1.62. The smallest absolute Gasteiger partial charge is 0.277 e. The second-order valence-electron chi connectivity index (χ2n) is 9.25. The normalized spacial score (nSPS) is 15.6. The molecule has 6 heteroatoms. The zero-order chi connectivity index (χ0) is 23.2. The van der Waals surface area contributed by atoms with E-state index in [-0.39, 0.29) is 17.4 Å². The van der Waals surface area contributed by atoms with Crippen LogP contribution in [0, 0.1) is 0 Å². The number of rotatable bonds is 4. The quantitative estimate of drug-likeness (QED) is 0.455. The molecule has 1 aliphatic heterocycles.